The lowest BCUT2D eigenvalue weighted by molar-refractivity contribution is -0.149. The molecule has 2 atom stereocenters. The fourth-order valence-corrected chi connectivity index (χ4v) is 4.30. The van der Waals surface area contributed by atoms with Gasteiger partial charge in [0.1, 0.15) is 11.5 Å². The summed E-state index contributed by atoms with van der Waals surface area (Å²) in [6, 6.07) is 21.0. The minimum Gasteiger partial charge on any atom is -0.507 e. The second kappa shape index (κ2) is 10.3. The Morgan fingerprint density at radius 2 is 1.46 bits per heavy atom. The maximum Gasteiger partial charge on any atom is 0.316 e. The van der Waals surface area contributed by atoms with Crippen LogP contribution in [0, 0.1) is 5.41 Å². The quantitative estimate of drug-likeness (QED) is 0.217. The molecule has 0 spiro atoms. The molecule has 0 saturated heterocycles. The van der Waals surface area contributed by atoms with E-state index >= 15 is 0 Å². The molecule has 1 N–H and O–H groups in total. The van der Waals surface area contributed by atoms with Crippen molar-refractivity contribution in [3.05, 3.63) is 72.3 Å². The van der Waals surface area contributed by atoms with Crippen LogP contribution in [0.3, 0.4) is 0 Å². The van der Waals surface area contributed by atoms with E-state index in [4.69, 9.17) is 9.47 Å². The topological polar surface area (TPSA) is 72.8 Å². The van der Waals surface area contributed by atoms with Gasteiger partial charge < -0.3 is 14.6 Å². The number of hydrogen-bond acceptors (Lipinski definition) is 5. The lowest BCUT2D eigenvalue weighted by atomic mass is 9.87. The van der Waals surface area contributed by atoms with E-state index in [1.54, 1.807) is 33.8 Å². The number of ether oxygens (including phenoxy) is 2. The molecule has 192 valence electrons. The number of fused-ring (bicyclic) bond motifs is 2. The van der Waals surface area contributed by atoms with E-state index in [1.807, 2.05) is 74.5 Å². The Morgan fingerprint density at radius 1 is 0.865 bits per heavy atom. The lowest BCUT2D eigenvalue weighted by Gasteiger charge is -2.23. The van der Waals surface area contributed by atoms with Crippen molar-refractivity contribution in [2.24, 2.45) is 5.41 Å². The van der Waals surface area contributed by atoms with Crippen LogP contribution >= 0.6 is 0 Å². The van der Waals surface area contributed by atoms with Crippen molar-refractivity contribution in [3.8, 4) is 22.6 Å². The number of carbonyl (C=O) groups excluding carboxylic acids is 2. The van der Waals surface area contributed by atoms with Crippen molar-refractivity contribution in [1.82, 2.24) is 0 Å². The van der Waals surface area contributed by atoms with E-state index in [0.717, 1.165) is 21.5 Å². The number of rotatable bonds is 6. The maximum absolute atomic E-state index is 13.0. The largest absolute Gasteiger partial charge is 0.507 e. The van der Waals surface area contributed by atoms with Gasteiger partial charge in [-0.25, -0.2) is 0 Å². The van der Waals surface area contributed by atoms with Gasteiger partial charge in [0.2, 0.25) is 0 Å². The van der Waals surface area contributed by atoms with Gasteiger partial charge >= 0.3 is 11.9 Å². The first kappa shape index (κ1) is 26.2. The van der Waals surface area contributed by atoms with E-state index in [9.17, 15) is 14.7 Å². The minimum atomic E-state index is -0.719. The molecule has 5 heteroatoms. The SMILES string of the molecule is CCC(C)OC(=O)C(C)c1cc2ccccc2c(-c2c(OC(=O)C(C)(C)C)ccc3ccccc23)c1O. The van der Waals surface area contributed by atoms with E-state index in [-0.39, 0.29) is 17.8 Å². The molecule has 0 aliphatic rings. The molecule has 37 heavy (non-hydrogen) atoms. The van der Waals surface area contributed by atoms with Crippen LogP contribution in [0.25, 0.3) is 32.7 Å². The summed E-state index contributed by atoms with van der Waals surface area (Å²) in [7, 11) is 0. The van der Waals surface area contributed by atoms with Crippen LogP contribution in [0.2, 0.25) is 0 Å². The van der Waals surface area contributed by atoms with E-state index in [1.165, 1.54) is 0 Å². The normalized spacial score (nSPS) is 13.4. The molecule has 0 aromatic heterocycles. The predicted molar refractivity (Wildman–Crippen MR) is 148 cm³/mol. The van der Waals surface area contributed by atoms with Crippen LogP contribution in [0.1, 0.15) is 59.4 Å². The molecule has 0 radical (unpaired) electrons. The molecule has 4 aromatic carbocycles. The second-order valence-electron chi connectivity index (χ2n) is 10.6. The number of esters is 2. The Labute approximate surface area is 218 Å². The zero-order valence-corrected chi connectivity index (χ0v) is 22.3. The van der Waals surface area contributed by atoms with E-state index in [0.29, 0.717) is 28.9 Å². The Bertz CT molecular complexity index is 1480. The molecule has 0 fully saturated rings. The molecule has 0 bridgehead atoms. The molecule has 0 heterocycles. The standard InChI is InChI=1S/C32H34O5/c1-7-19(2)36-30(34)20(3)25-18-22-13-9-11-15-24(22)28(29(25)33)27-23-14-10-8-12-21(23)16-17-26(27)37-31(35)32(4,5)6/h8-20,33H,7H2,1-6H3. The Kier molecular flexibility index (Phi) is 7.26. The lowest BCUT2D eigenvalue weighted by Crippen LogP contribution is -2.25. The van der Waals surface area contributed by atoms with Crippen molar-refractivity contribution in [2.75, 3.05) is 0 Å². The second-order valence-corrected chi connectivity index (χ2v) is 10.6. The average Bonchev–Trinajstić information content (AvgIpc) is 2.87. The van der Waals surface area contributed by atoms with Gasteiger partial charge in [-0.15, -0.1) is 0 Å². The van der Waals surface area contributed by atoms with Gasteiger partial charge in [-0.05, 0) is 74.7 Å². The third-order valence-corrected chi connectivity index (χ3v) is 6.72. The molecule has 0 aliphatic heterocycles. The highest BCUT2D eigenvalue weighted by Crippen LogP contribution is 2.48. The molecule has 2 unspecified atom stereocenters. The highest BCUT2D eigenvalue weighted by atomic mass is 16.5. The van der Waals surface area contributed by atoms with Crippen LogP contribution in [0.5, 0.6) is 11.5 Å². The zero-order valence-electron chi connectivity index (χ0n) is 22.3. The molecule has 0 saturated carbocycles. The number of phenols is 1. The average molecular weight is 499 g/mol. The van der Waals surface area contributed by atoms with Gasteiger partial charge in [-0.2, -0.15) is 0 Å². The van der Waals surface area contributed by atoms with Crippen LogP contribution in [-0.2, 0) is 14.3 Å². The van der Waals surface area contributed by atoms with Gasteiger partial charge in [0.05, 0.1) is 17.4 Å². The third-order valence-electron chi connectivity index (χ3n) is 6.72. The van der Waals surface area contributed by atoms with Gasteiger partial charge in [-0.1, -0.05) is 61.5 Å². The maximum atomic E-state index is 13.0. The summed E-state index contributed by atoms with van der Waals surface area (Å²) in [5.74, 6) is -1.16. The van der Waals surface area contributed by atoms with Crippen LogP contribution < -0.4 is 4.74 Å². The summed E-state index contributed by atoms with van der Waals surface area (Å²) in [6.07, 6.45) is 0.477. The number of aromatic hydroxyl groups is 1. The monoisotopic (exact) mass is 498 g/mol. The smallest absolute Gasteiger partial charge is 0.316 e. The zero-order chi connectivity index (χ0) is 26.9. The summed E-state index contributed by atoms with van der Waals surface area (Å²) in [6.45, 7) is 10.9. The molecular formula is C32H34O5. The first-order valence-corrected chi connectivity index (χ1v) is 12.7. The van der Waals surface area contributed by atoms with E-state index < -0.39 is 17.3 Å². The minimum absolute atomic E-state index is 0.0308. The first-order valence-electron chi connectivity index (χ1n) is 12.7. The van der Waals surface area contributed by atoms with Gasteiger partial charge in [0.25, 0.3) is 0 Å². The van der Waals surface area contributed by atoms with Gasteiger partial charge in [-0.3, -0.25) is 9.59 Å². The third kappa shape index (κ3) is 5.17. The Hall–Kier alpha value is -3.86. The van der Waals surface area contributed by atoms with Crippen molar-refractivity contribution >= 4 is 33.5 Å². The van der Waals surface area contributed by atoms with Crippen molar-refractivity contribution < 1.29 is 24.2 Å². The molecule has 4 aromatic rings. The number of carbonyl (C=O) groups is 2. The fourth-order valence-electron chi connectivity index (χ4n) is 4.30. The van der Waals surface area contributed by atoms with Crippen LogP contribution in [0.4, 0.5) is 0 Å². The summed E-state index contributed by atoms with van der Waals surface area (Å²) in [5, 5.41) is 15.2. The van der Waals surface area contributed by atoms with E-state index in [2.05, 4.69) is 0 Å². The molecular weight excluding hydrogens is 464 g/mol. The van der Waals surface area contributed by atoms with Crippen LogP contribution in [-0.4, -0.2) is 23.1 Å². The summed E-state index contributed by atoms with van der Waals surface area (Å²) >= 11 is 0. The molecule has 0 amide bonds. The number of benzene rings is 4. The number of phenolic OH excluding ortho intramolecular Hbond substituents is 1. The molecule has 4 rings (SSSR count). The predicted octanol–water partition coefficient (Wildman–Crippen LogP) is 7.76. The highest BCUT2D eigenvalue weighted by molar-refractivity contribution is 6.11. The fraction of sp³-hybridized carbons (Fsp3) is 0.312. The summed E-state index contributed by atoms with van der Waals surface area (Å²) in [4.78, 5) is 25.9. The molecule has 5 nitrogen and oxygen atoms in total. The van der Waals surface area contributed by atoms with Crippen molar-refractivity contribution in [3.63, 3.8) is 0 Å². The molecule has 0 aliphatic carbocycles. The Morgan fingerprint density at radius 3 is 2.08 bits per heavy atom. The number of hydrogen-bond donors (Lipinski definition) is 1. The van der Waals surface area contributed by atoms with Crippen molar-refractivity contribution in [2.45, 2.75) is 60.0 Å². The highest BCUT2D eigenvalue weighted by Gasteiger charge is 2.29. The summed E-state index contributed by atoms with van der Waals surface area (Å²) in [5.41, 5.74) is 0.866. The van der Waals surface area contributed by atoms with Gasteiger partial charge in [0.15, 0.2) is 0 Å². The Balaban J connectivity index is 2.03. The van der Waals surface area contributed by atoms with Crippen LogP contribution in [0.15, 0.2) is 66.7 Å². The van der Waals surface area contributed by atoms with Crippen molar-refractivity contribution in [1.29, 1.82) is 0 Å². The van der Waals surface area contributed by atoms with Gasteiger partial charge in [0, 0.05) is 16.7 Å². The first-order chi connectivity index (χ1) is 17.5. The summed E-state index contributed by atoms with van der Waals surface area (Å²) < 4.78 is 11.5.